The van der Waals surface area contributed by atoms with Crippen LogP contribution in [0.25, 0.3) is 10.9 Å². The van der Waals surface area contributed by atoms with E-state index >= 15 is 0 Å². The van der Waals surface area contributed by atoms with Crippen LogP contribution in [0.1, 0.15) is 0 Å². The number of esters is 1. The van der Waals surface area contributed by atoms with E-state index in [1.165, 1.54) is 35.6 Å². The number of carbonyl (C=O) groups is 1. The minimum atomic E-state index is -0.529. The van der Waals surface area contributed by atoms with Crippen molar-refractivity contribution in [2.45, 2.75) is 11.7 Å². The zero-order chi connectivity index (χ0) is 19.2. The first kappa shape index (κ1) is 18.9. The molecule has 0 spiro atoms. The standard InChI is InChI=1S/C19H17FN2O4S/c1-25-17(23)12-22-18(24)15-4-2-3-5-16(15)21-19(22)27-11-10-26-14-8-6-13(20)7-9-14/h2-9H,10-12H2,1H3. The summed E-state index contributed by atoms with van der Waals surface area (Å²) in [6.07, 6.45) is 0. The van der Waals surface area contributed by atoms with Crippen LogP contribution >= 0.6 is 11.8 Å². The number of thioether (sulfide) groups is 1. The van der Waals surface area contributed by atoms with Gasteiger partial charge in [0, 0.05) is 5.75 Å². The van der Waals surface area contributed by atoms with Crippen molar-refractivity contribution in [3.63, 3.8) is 0 Å². The molecule has 0 radical (unpaired) electrons. The summed E-state index contributed by atoms with van der Waals surface area (Å²) in [7, 11) is 1.27. The van der Waals surface area contributed by atoms with Crippen LogP contribution in [0.5, 0.6) is 5.75 Å². The van der Waals surface area contributed by atoms with Crippen molar-refractivity contribution in [3.05, 3.63) is 64.7 Å². The number of carbonyl (C=O) groups excluding carboxylic acids is 1. The predicted octanol–water partition coefficient (Wildman–Crippen LogP) is 2.88. The lowest BCUT2D eigenvalue weighted by Gasteiger charge is -2.12. The van der Waals surface area contributed by atoms with Crippen molar-refractivity contribution in [2.75, 3.05) is 19.5 Å². The summed E-state index contributed by atoms with van der Waals surface area (Å²) >= 11 is 1.30. The van der Waals surface area contributed by atoms with Gasteiger partial charge in [0.05, 0.1) is 24.6 Å². The fourth-order valence-electron chi connectivity index (χ4n) is 2.41. The largest absolute Gasteiger partial charge is 0.493 e. The molecule has 0 aliphatic carbocycles. The molecule has 0 unspecified atom stereocenters. The second-order valence-corrected chi connectivity index (χ2v) is 6.59. The van der Waals surface area contributed by atoms with Gasteiger partial charge < -0.3 is 9.47 Å². The van der Waals surface area contributed by atoms with Gasteiger partial charge >= 0.3 is 5.97 Å². The molecule has 2 aromatic carbocycles. The van der Waals surface area contributed by atoms with Gasteiger partial charge in [0.15, 0.2) is 5.16 Å². The van der Waals surface area contributed by atoms with E-state index in [9.17, 15) is 14.0 Å². The number of aromatic nitrogens is 2. The molecule has 0 saturated carbocycles. The van der Waals surface area contributed by atoms with Gasteiger partial charge in [-0.25, -0.2) is 9.37 Å². The molecule has 140 valence electrons. The molecular weight excluding hydrogens is 371 g/mol. The van der Waals surface area contributed by atoms with Gasteiger partial charge in [-0.15, -0.1) is 0 Å². The topological polar surface area (TPSA) is 70.4 Å². The maximum Gasteiger partial charge on any atom is 0.325 e. The number of ether oxygens (including phenoxy) is 2. The molecule has 0 N–H and O–H groups in total. The number of methoxy groups -OCH3 is 1. The summed E-state index contributed by atoms with van der Waals surface area (Å²) in [6, 6.07) is 12.7. The average molecular weight is 388 g/mol. The minimum Gasteiger partial charge on any atom is -0.493 e. The second kappa shape index (κ2) is 8.68. The van der Waals surface area contributed by atoms with Crippen LogP contribution in [0.3, 0.4) is 0 Å². The number of benzene rings is 2. The number of fused-ring (bicyclic) bond motifs is 1. The molecule has 0 bridgehead atoms. The summed E-state index contributed by atoms with van der Waals surface area (Å²) in [6.45, 7) is 0.117. The molecule has 3 rings (SSSR count). The maximum atomic E-state index is 12.9. The maximum absolute atomic E-state index is 12.9. The number of hydrogen-bond acceptors (Lipinski definition) is 6. The monoisotopic (exact) mass is 388 g/mol. The Balaban J connectivity index is 1.77. The number of para-hydroxylation sites is 1. The summed E-state index contributed by atoms with van der Waals surface area (Å²) in [5.41, 5.74) is 0.263. The van der Waals surface area contributed by atoms with Crippen LogP contribution in [0, 0.1) is 5.82 Å². The van der Waals surface area contributed by atoms with Gasteiger partial charge in [-0.05, 0) is 36.4 Å². The predicted molar refractivity (Wildman–Crippen MR) is 101 cm³/mol. The third kappa shape index (κ3) is 4.65. The Morgan fingerprint density at radius 2 is 1.93 bits per heavy atom. The molecule has 0 amide bonds. The third-order valence-corrected chi connectivity index (χ3v) is 4.68. The van der Waals surface area contributed by atoms with Gasteiger partial charge in [-0.1, -0.05) is 23.9 Å². The average Bonchev–Trinajstić information content (AvgIpc) is 2.69. The van der Waals surface area contributed by atoms with Crippen molar-refractivity contribution in [2.24, 2.45) is 0 Å². The molecule has 27 heavy (non-hydrogen) atoms. The summed E-state index contributed by atoms with van der Waals surface area (Å²) < 4.78 is 24.4. The van der Waals surface area contributed by atoms with Gasteiger partial charge in [-0.2, -0.15) is 0 Å². The fourth-order valence-corrected chi connectivity index (χ4v) is 3.23. The van der Waals surface area contributed by atoms with E-state index in [1.807, 2.05) is 0 Å². The number of rotatable bonds is 7. The van der Waals surface area contributed by atoms with E-state index < -0.39 is 5.97 Å². The first-order chi connectivity index (χ1) is 13.1. The summed E-state index contributed by atoms with van der Waals surface area (Å²) in [5, 5.41) is 0.847. The van der Waals surface area contributed by atoms with Crippen molar-refractivity contribution in [3.8, 4) is 5.75 Å². The zero-order valence-corrected chi connectivity index (χ0v) is 15.4. The molecule has 3 aromatic rings. The van der Waals surface area contributed by atoms with Gasteiger partial charge in [0.2, 0.25) is 0 Å². The van der Waals surface area contributed by atoms with Crippen LogP contribution < -0.4 is 10.3 Å². The first-order valence-corrected chi connectivity index (χ1v) is 9.14. The highest BCUT2D eigenvalue weighted by molar-refractivity contribution is 7.99. The number of hydrogen-bond donors (Lipinski definition) is 0. The van der Waals surface area contributed by atoms with E-state index in [1.54, 1.807) is 36.4 Å². The van der Waals surface area contributed by atoms with E-state index in [2.05, 4.69) is 9.72 Å². The van der Waals surface area contributed by atoms with Crippen LogP contribution in [0.2, 0.25) is 0 Å². The first-order valence-electron chi connectivity index (χ1n) is 8.16. The highest BCUT2D eigenvalue weighted by Crippen LogP contribution is 2.18. The Hall–Kier alpha value is -2.87. The minimum absolute atomic E-state index is 0.214. The highest BCUT2D eigenvalue weighted by atomic mass is 32.2. The highest BCUT2D eigenvalue weighted by Gasteiger charge is 2.14. The quantitative estimate of drug-likeness (QED) is 0.268. The normalized spacial score (nSPS) is 10.7. The molecule has 0 aliphatic rings. The lowest BCUT2D eigenvalue weighted by Crippen LogP contribution is -2.27. The van der Waals surface area contributed by atoms with E-state index in [0.717, 1.165) is 0 Å². The molecular formula is C19H17FN2O4S. The SMILES string of the molecule is COC(=O)Cn1c(SCCOc2ccc(F)cc2)nc2ccccc2c1=O. The molecule has 0 atom stereocenters. The zero-order valence-electron chi connectivity index (χ0n) is 14.6. The van der Waals surface area contributed by atoms with E-state index in [-0.39, 0.29) is 17.9 Å². The lowest BCUT2D eigenvalue weighted by molar-refractivity contribution is -0.141. The summed E-state index contributed by atoms with van der Waals surface area (Å²) in [5.74, 6) is 0.182. The third-order valence-electron chi connectivity index (χ3n) is 3.74. The molecule has 8 heteroatoms. The van der Waals surface area contributed by atoms with E-state index in [4.69, 9.17) is 4.74 Å². The van der Waals surface area contributed by atoms with Crippen molar-refractivity contribution < 1.29 is 18.7 Å². The smallest absolute Gasteiger partial charge is 0.325 e. The van der Waals surface area contributed by atoms with E-state index in [0.29, 0.717) is 34.2 Å². The van der Waals surface area contributed by atoms with Gasteiger partial charge in [-0.3, -0.25) is 14.2 Å². The Bertz CT molecular complexity index is 1000. The Morgan fingerprint density at radius 1 is 1.19 bits per heavy atom. The van der Waals surface area contributed by atoms with Crippen molar-refractivity contribution in [1.29, 1.82) is 0 Å². The molecule has 0 aliphatic heterocycles. The van der Waals surface area contributed by atoms with Crippen LogP contribution in [0.4, 0.5) is 4.39 Å². The Morgan fingerprint density at radius 3 is 2.67 bits per heavy atom. The Labute approximate surface area is 158 Å². The molecule has 6 nitrogen and oxygen atoms in total. The van der Waals surface area contributed by atoms with Crippen molar-refractivity contribution in [1.82, 2.24) is 9.55 Å². The molecule has 1 heterocycles. The number of halogens is 1. The van der Waals surface area contributed by atoms with Crippen LogP contribution in [0.15, 0.2) is 58.5 Å². The molecule has 0 saturated heterocycles. The van der Waals surface area contributed by atoms with Gasteiger partial charge in [0.1, 0.15) is 18.1 Å². The lowest BCUT2D eigenvalue weighted by atomic mass is 10.2. The fraction of sp³-hybridized carbons (Fsp3) is 0.211. The van der Waals surface area contributed by atoms with Crippen molar-refractivity contribution >= 4 is 28.6 Å². The molecule has 0 fully saturated rings. The van der Waals surface area contributed by atoms with Gasteiger partial charge in [0.25, 0.3) is 5.56 Å². The Kier molecular flexibility index (Phi) is 6.08. The second-order valence-electron chi connectivity index (χ2n) is 5.53. The summed E-state index contributed by atoms with van der Waals surface area (Å²) in [4.78, 5) is 28.9. The number of nitrogens with zero attached hydrogens (tertiary/aromatic N) is 2. The van der Waals surface area contributed by atoms with Crippen LogP contribution in [-0.4, -0.2) is 35.0 Å². The van der Waals surface area contributed by atoms with Crippen LogP contribution in [-0.2, 0) is 16.1 Å². The molecule has 1 aromatic heterocycles.